The second kappa shape index (κ2) is 4.70. The first-order chi connectivity index (χ1) is 8.45. The number of pyridine rings is 1. The van der Waals surface area contributed by atoms with Gasteiger partial charge in [-0.2, -0.15) is 0 Å². The van der Waals surface area contributed by atoms with E-state index in [2.05, 4.69) is 39.3 Å². The summed E-state index contributed by atoms with van der Waals surface area (Å²) in [4.78, 5) is 11.2. The van der Waals surface area contributed by atoms with Gasteiger partial charge in [-0.1, -0.05) is 12.1 Å². The molecule has 0 spiro atoms. The van der Waals surface area contributed by atoms with Crippen LogP contribution in [0.4, 0.5) is 5.82 Å². The second-order valence-corrected chi connectivity index (χ2v) is 4.67. The standard InChI is InChI=1S/C14H17N3/c1-2-9-16-14(7-1)17-10-4-6-13(17)12-5-3-8-15-11-12/h1-3,7-9,11-13H,4-6,10H2. The van der Waals surface area contributed by atoms with Gasteiger partial charge in [0.2, 0.25) is 0 Å². The number of allylic oxidation sites excluding steroid dienone is 1. The smallest absolute Gasteiger partial charge is 0.128 e. The number of aromatic nitrogens is 1. The van der Waals surface area contributed by atoms with Crippen LogP contribution >= 0.6 is 0 Å². The first-order valence-corrected chi connectivity index (χ1v) is 6.31. The SMILES string of the molecule is C1=CN=CC(C2CCCN2c2ccccn2)C1. The molecule has 1 aromatic heterocycles. The Morgan fingerprint density at radius 1 is 1.29 bits per heavy atom. The first-order valence-electron chi connectivity index (χ1n) is 6.31. The van der Waals surface area contributed by atoms with Gasteiger partial charge in [0, 0.05) is 37.1 Å². The molecule has 3 heteroatoms. The Morgan fingerprint density at radius 3 is 3.06 bits per heavy atom. The summed E-state index contributed by atoms with van der Waals surface area (Å²) >= 11 is 0. The van der Waals surface area contributed by atoms with E-state index < -0.39 is 0 Å². The van der Waals surface area contributed by atoms with Crippen LogP contribution in [0.2, 0.25) is 0 Å². The summed E-state index contributed by atoms with van der Waals surface area (Å²) < 4.78 is 0. The van der Waals surface area contributed by atoms with Gasteiger partial charge in [0.05, 0.1) is 0 Å². The highest BCUT2D eigenvalue weighted by Crippen LogP contribution is 2.30. The molecule has 2 unspecified atom stereocenters. The van der Waals surface area contributed by atoms with Crippen LogP contribution in [0, 0.1) is 5.92 Å². The summed E-state index contributed by atoms with van der Waals surface area (Å²) in [7, 11) is 0. The van der Waals surface area contributed by atoms with E-state index in [-0.39, 0.29) is 0 Å². The number of nitrogens with zero attached hydrogens (tertiary/aromatic N) is 3. The summed E-state index contributed by atoms with van der Waals surface area (Å²) in [6, 6.07) is 6.71. The number of anilines is 1. The monoisotopic (exact) mass is 227 g/mol. The Labute approximate surface area is 102 Å². The first kappa shape index (κ1) is 10.5. The lowest BCUT2D eigenvalue weighted by atomic mass is 9.94. The van der Waals surface area contributed by atoms with Gasteiger partial charge in [0.15, 0.2) is 0 Å². The maximum absolute atomic E-state index is 4.47. The van der Waals surface area contributed by atoms with Crippen LogP contribution in [0.15, 0.2) is 41.7 Å². The van der Waals surface area contributed by atoms with Crippen LogP contribution < -0.4 is 4.90 Å². The highest BCUT2D eigenvalue weighted by molar-refractivity contribution is 5.65. The fourth-order valence-electron chi connectivity index (χ4n) is 2.80. The number of hydrogen-bond acceptors (Lipinski definition) is 3. The average Bonchev–Trinajstić information content (AvgIpc) is 2.90. The van der Waals surface area contributed by atoms with E-state index in [1.807, 2.05) is 18.5 Å². The van der Waals surface area contributed by atoms with Crippen LogP contribution in [0.3, 0.4) is 0 Å². The number of hydrogen-bond donors (Lipinski definition) is 0. The Morgan fingerprint density at radius 2 is 2.29 bits per heavy atom. The highest BCUT2D eigenvalue weighted by Gasteiger charge is 2.31. The maximum Gasteiger partial charge on any atom is 0.128 e. The second-order valence-electron chi connectivity index (χ2n) is 4.67. The Hall–Kier alpha value is -1.64. The van der Waals surface area contributed by atoms with Gasteiger partial charge in [-0.15, -0.1) is 0 Å². The van der Waals surface area contributed by atoms with Gasteiger partial charge in [-0.3, -0.25) is 4.99 Å². The van der Waals surface area contributed by atoms with Crippen LogP contribution in [0.1, 0.15) is 19.3 Å². The third kappa shape index (κ3) is 2.09. The quantitative estimate of drug-likeness (QED) is 0.777. The fraction of sp³-hybridized carbons (Fsp3) is 0.429. The van der Waals surface area contributed by atoms with Gasteiger partial charge in [-0.05, 0) is 31.4 Å². The molecule has 1 fully saturated rings. The predicted octanol–water partition coefficient (Wildman–Crippen LogP) is 2.65. The zero-order chi connectivity index (χ0) is 11.5. The molecule has 2 aliphatic rings. The van der Waals surface area contributed by atoms with Crippen molar-refractivity contribution >= 4 is 12.0 Å². The van der Waals surface area contributed by atoms with Gasteiger partial charge < -0.3 is 4.90 Å². The molecule has 1 aromatic rings. The zero-order valence-electron chi connectivity index (χ0n) is 9.87. The van der Waals surface area contributed by atoms with Crippen molar-refractivity contribution in [2.75, 3.05) is 11.4 Å². The Kier molecular flexibility index (Phi) is 2.90. The highest BCUT2D eigenvalue weighted by atomic mass is 15.2. The van der Waals surface area contributed by atoms with E-state index in [0.29, 0.717) is 12.0 Å². The molecular weight excluding hydrogens is 210 g/mol. The molecule has 88 valence electrons. The number of aliphatic imine (C=N–C) groups is 1. The molecule has 0 N–H and O–H groups in total. The minimum atomic E-state index is 0.546. The van der Waals surface area contributed by atoms with Crippen molar-refractivity contribution in [3.8, 4) is 0 Å². The van der Waals surface area contributed by atoms with Gasteiger partial charge in [-0.25, -0.2) is 4.98 Å². The normalized spacial score (nSPS) is 27.6. The molecule has 0 aliphatic carbocycles. The van der Waals surface area contributed by atoms with Crippen molar-refractivity contribution in [1.29, 1.82) is 0 Å². The molecule has 2 atom stereocenters. The summed E-state index contributed by atoms with van der Waals surface area (Å²) in [5.74, 6) is 1.66. The lowest BCUT2D eigenvalue weighted by Crippen LogP contribution is -2.37. The molecule has 3 nitrogen and oxygen atoms in total. The molecule has 0 bridgehead atoms. The molecule has 0 aromatic carbocycles. The minimum Gasteiger partial charge on any atom is -0.353 e. The fourth-order valence-corrected chi connectivity index (χ4v) is 2.80. The van der Waals surface area contributed by atoms with Crippen molar-refractivity contribution in [2.45, 2.75) is 25.3 Å². The molecule has 0 amide bonds. The lowest BCUT2D eigenvalue weighted by molar-refractivity contribution is 0.532. The van der Waals surface area contributed by atoms with E-state index in [1.54, 1.807) is 0 Å². The molecule has 17 heavy (non-hydrogen) atoms. The van der Waals surface area contributed by atoms with Crippen LogP contribution in [-0.4, -0.2) is 23.8 Å². The molecule has 3 rings (SSSR count). The zero-order valence-corrected chi connectivity index (χ0v) is 9.87. The predicted molar refractivity (Wildman–Crippen MR) is 70.3 cm³/mol. The molecular formula is C14H17N3. The van der Waals surface area contributed by atoms with E-state index in [1.165, 1.54) is 12.8 Å². The number of rotatable bonds is 2. The third-order valence-corrected chi connectivity index (χ3v) is 3.61. The summed E-state index contributed by atoms with van der Waals surface area (Å²) in [5.41, 5.74) is 0. The van der Waals surface area contributed by atoms with E-state index in [0.717, 1.165) is 18.8 Å². The average molecular weight is 227 g/mol. The third-order valence-electron chi connectivity index (χ3n) is 3.61. The van der Waals surface area contributed by atoms with Crippen LogP contribution in [-0.2, 0) is 0 Å². The molecule has 2 aliphatic heterocycles. The van der Waals surface area contributed by atoms with E-state index >= 15 is 0 Å². The van der Waals surface area contributed by atoms with Gasteiger partial charge in [0.25, 0.3) is 0 Å². The van der Waals surface area contributed by atoms with Crippen molar-refractivity contribution in [3.05, 3.63) is 36.7 Å². The largest absolute Gasteiger partial charge is 0.353 e. The van der Waals surface area contributed by atoms with Crippen molar-refractivity contribution in [2.24, 2.45) is 10.9 Å². The van der Waals surface area contributed by atoms with Crippen LogP contribution in [0.25, 0.3) is 0 Å². The Balaban J connectivity index is 1.80. The lowest BCUT2D eigenvalue weighted by Gasteiger charge is -2.30. The van der Waals surface area contributed by atoms with Gasteiger partial charge in [0.1, 0.15) is 5.82 Å². The summed E-state index contributed by atoms with van der Waals surface area (Å²) in [5, 5.41) is 0. The molecule has 3 heterocycles. The van der Waals surface area contributed by atoms with Crippen molar-refractivity contribution < 1.29 is 0 Å². The molecule has 0 saturated carbocycles. The maximum atomic E-state index is 4.47. The Bertz CT molecular complexity index is 424. The van der Waals surface area contributed by atoms with E-state index in [9.17, 15) is 0 Å². The molecule has 0 radical (unpaired) electrons. The van der Waals surface area contributed by atoms with Crippen LogP contribution in [0.5, 0.6) is 0 Å². The van der Waals surface area contributed by atoms with Crippen molar-refractivity contribution in [1.82, 2.24) is 4.98 Å². The van der Waals surface area contributed by atoms with E-state index in [4.69, 9.17) is 0 Å². The molecule has 1 saturated heterocycles. The topological polar surface area (TPSA) is 28.5 Å². The minimum absolute atomic E-state index is 0.546. The van der Waals surface area contributed by atoms with Crippen molar-refractivity contribution in [3.63, 3.8) is 0 Å². The van der Waals surface area contributed by atoms with Gasteiger partial charge >= 0.3 is 0 Å². The summed E-state index contributed by atoms with van der Waals surface area (Å²) in [6.45, 7) is 1.12. The summed E-state index contributed by atoms with van der Waals surface area (Å²) in [6.07, 6.45) is 11.7.